The average Bonchev–Trinajstić information content (AvgIpc) is 2.79. The quantitative estimate of drug-likeness (QED) is 0.340. The first-order chi connectivity index (χ1) is 15.7. The van der Waals surface area contributed by atoms with Crippen molar-refractivity contribution in [3.63, 3.8) is 0 Å². The average molecular weight is 482 g/mol. The largest absolute Gasteiger partial charge is 0.473 e. The van der Waals surface area contributed by atoms with Gasteiger partial charge >= 0.3 is 0 Å². The fraction of sp³-hybridized carbons (Fsp3) is 0.154. The lowest BCUT2D eigenvalue weighted by molar-refractivity contribution is -0.122. The van der Waals surface area contributed by atoms with Crippen LogP contribution in [-0.2, 0) is 4.79 Å². The van der Waals surface area contributed by atoms with Crippen LogP contribution in [0.2, 0.25) is 10.0 Å². The lowest BCUT2D eigenvalue weighted by atomic mass is 10.1. The van der Waals surface area contributed by atoms with E-state index in [-0.39, 0.29) is 16.9 Å². The van der Waals surface area contributed by atoms with Crippen molar-refractivity contribution in [1.82, 2.24) is 0 Å². The predicted molar refractivity (Wildman–Crippen MR) is 133 cm³/mol. The van der Waals surface area contributed by atoms with E-state index in [4.69, 9.17) is 32.4 Å². The van der Waals surface area contributed by atoms with Crippen molar-refractivity contribution in [3.05, 3.63) is 92.1 Å². The Bertz CT molecular complexity index is 1410. The Morgan fingerprint density at radius 2 is 1.73 bits per heavy atom. The third-order valence-electron chi connectivity index (χ3n) is 5.23. The van der Waals surface area contributed by atoms with Crippen molar-refractivity contribution in [1.29, 1.82) is 0 Å². The van der Waals surface area contributed by atoms with Gasteiger partial charge in [0, 0.05) is 21.3 Å². The third kappa shape index (κ3) is 4.90. The Hall–Kier alpha value is -3.28. The summed E-state index contributed by atoms with van der Waals surface area (Å²) < 4.78 is 12.0. The van der Waals surface area contributed by atoms with Gasteiger partial charge < -0.3 is 14.5 Å². The summed E-state index contributed by atoms with van der Waals surface area (Å²) in [6, 6.07) is 17.5. The number of fused-ring (bicyclic) bond motifs is 1. The molecule has 4 aromatic rings. The summed E-state index contributed by atoms with van der Waals surface area (Å²) in [7, 11) is 0. The molecule has 3 aromatic carbocycles. The molecule has 0 bridgehead atoms. The predicted octanol–water partition coefficient (Wildman–Crippen LogP) is 6.79. The zero-order chi connectivity index (χ0) is 23.7. The van der Waals surface area contributed by atoms with Crippen LogP contribution in [0, 0.1) is 13.8 Å². The molecule has 0 aliphatic carbocycles. The highest BCUT2D eigenvalue weighted by Gasteiger charge is 2.23. The van der Waals surface area contributed by atoms with E-state index < -0.39 is 17.4 Å². The highest BCUT2D eigenvalue weighted by Crippen LogP contribution is 2.32. The molecule has 0 radical (unpaired) electrons. The fourth-order valence-electron chi connectivity index (χ4n) is 3.30. The first-order valence-electron chi connectivity index (χ1n) is 10.3. The molecule has 0 aliphatic rings. The second-order valence-corrected chi connectivity index (χ2v) is 8.65. The summed E-state index contributed by atoms with van der Waals surface area (Å²) in [5.74, 6) is -0.249. The highest BCUT2D eigenvalue weighted by molar-refractivity contribution is 6.31. The zero-order valence-electron chi connectivity index (χ0n) is 18.2. The van der Waals surface area contributed by atoms with E-state index in [0.717, 1.165) is 11.1 Å². The number of halogens is 2. The maximum absolute atomic E-state index is 13.3. The minimum Gasteiger partial charge on any atom is -0.473 e. The van der Waals surface area contributed by atoms with Crippen LogP contribution < -0.4 is 15.5 Å². The third-order valence-corrected chi connectivity index (χ3v) is 5.87. The molecule has 168 valence electrons. The summed E-state index contributed by atoms with van der Waals surface area (Å²) >= 11 is 12.2. The van der Waals surface area contributed by atoms with E-state index in [1.165, 1.54) is 6.07 Å². The van der Waals surface area contributed by atoms with Crippen molar-refractivity contribution in [3.8, 4) is 17.1 Å². The number of ether oxygens (including phenoxy) is 1. The van der Waals surface area contributed by atoms with Crippen molar-refractivity contribution < 1.29 is 13.9 Å². The summed E-state index contributed by atoms with van der Waals surface area (Å²) in [5, 5.41) is 3.96. The van der Waals surface area contributed by atoms with E-state index >= 15 is 0 Å². The number of carbonyl (C=O) groups excluding carboxylic acids is 1. The lowest BCUT2D eigenvalue weighted by Crippen LogP contribution is -2.31. The Labute approximate surface area is 200 Å². The molecule has 1 N–H and O–H groups in total. The number of anilines is 1. The molecule has 1 atom stereocenters. The smallest absolute Gasteiger partial charge is 0.265 e. The lowest BCUT2D eigenvalue weighted by Gasteiger charge is -2.17. The number of hydrogen-bond donors (Lipinski definition) is 1. The maximum Gasteiger partial charge on any atom is 0.265 e. The van der Waals surface area contributed by atoms with Crippen LogP contribution in [0.1, 0.15) is 18.1 Å². The molecule has 1 amide bonds. The van der Waals surface area contributed by atoms with Crippen LogP contribution in [0.3, 0.4) is 0 Å². The minimum absolute atomic E-state index is 0.0572. The van der Waals surface area contributed by atoms with Gasteiger partial charge in [-0.05, 0) is 56.7 Å². The van der Waals surface area contributed by atoms with Gasteiger partial charge in [-0.3, -0.25) is 9.59 Å². The molecule has 0 saturated heterocycles. The molecular weight excluding hydrogens is 461 g/mol. The molecule has 0 spiro atoms. The van der Waals surface area contributed by atoms with Crippen LogP contribution in [-0.4, -0.2) is 12.0 Å². The number of amides is 1. The first kappa shape index (κ1) is 22.9. The molecule has 0 saturated carbocycles. The van der Waals surface area contributed by atoms with Gasteiger partial charge in [-0.15, -0.1) is 0 Å². The monoisotopic (exact) mass is 481 g/mol. The number of aryl methyl sites for hydroxylation is 2. The minimum atomic E-state index is -0.992. The van der Waals surface area contributed by atoms with Gasteiger partial charge in [0.2, 0.25) is 11.2 Å². The number of rotatable bonds is 5. The summed E-state index contributed by atoms with van der Waals surface area (Å²) in [6.45, 7) is 5.40. The molecule has 1 aromatic heterocycles. The fourth-order valence-corrected chi connectivity index (χ4v) is 3.65. The van der Waals surface area contributed by atoms with Gasteiger partial charge in [0.15, 0.2) is 11.9 Å². The molecular formula is C26H21Cl2NO4. The van der Waals surface area contributed by atoms with E-state index in [0.29, 0.717) is 26.9 Å². The Kier molecular flexibility index (Phi) is 6.45. The van der Waals surface area contributed by atoms with Crippen molar-refractivity contribution >= 4 is 45.8 Å². The van der Waals surface area contributed by atoms with E-state index in [1.54, 1.807) is 37.3 Å². The molecule has 7 heteroatoms. The molecule has 0 unspecified atom stereocenters. The molecule has 0 fully saturated rings. The van der Waals surface area contributed by atoms with E-state index in [9.17, 15) is 9.59 Å². The standard InChI is InChI=1S/C26H21Cl2NO4/c1-14-4-7-17(8-5-14)24-25(23(30)20-12-18(27)9-11-22(20)33-24)32-16(3)26(31)29-19-10-6-15(2)21(28)13-19/h4-13,16H,1-3H3,(H,29,31)/t16-/m1/s1. The highest BCUT2D eigenvalue weighted by atomic mass is 35.5. The second-order valence-electron chi connectivity index (χ2n) is 7.81. The summed E-state index contributed by atoms with van der Waals surface area (Å²) in [6.07, 6.45) is -0.992. The number of hydrogen-bond acceptors (Lipinski definition) is 4. The number of carbonyl (C=O) groups is 1. The van der Waals surface area contributed by atoms with Crippen LogP contribution in [0.5, 0.6) is 5.75 Å². The molecule has 0 aliphatic heterocycles. The Balaban J connectivity index is 1.73. The second kappa shape index (κ2) is 9.30. The molecule has 33 heavy (non-hydrogen) atoms. The van der Waals surface area contributed by atoms with Gasteiger partial charge in [-0.1, -0.05) is 59.1 Å². The van der Waals surface area contributed by atoms with Gasteiger partial charge in [0.25, 0.3) is 5.91 Å². The summed E-state index contributed by atoms with van der Waals surface area (Å²) in [5.41, 5.74) is 3.10. The summed E-state index contributed by atoms with van der Waals surface area (Å²) in [4.78, 5) is 26.1. The van der Waals surface area contributed by atoms with Crippen molar-refractivity contribution in [2.24, 2.45) is 0 Å². The van der Waals surface area contributed by atoms with Crippen molar-refractivity contribution in [2.45, 2.75) is 26.9 Å². The van der Waals surface area contributed by atoms with Gasteiger partial charge in [0.1, 0.15) is 5.58 Å². The molecule has 1 heterocycles. The van der Waals surface area contributed by atoms with Gasteiger partial charge in [0.05, 0.1) is 5.39 Å². The van der Waals surface area contributed by atoms with E-state index in [2.05, 4.69) is 5.32 Å². The van der Waals surface area contributed by atoms with E-state index in [1.807, 2.05) is 38.1 Å². The topological polar surface area (TPSA) is 68.5 Å². The number of nitrogens with one attached hydrogen (secondary N) is 1. The molecule has 5 nitrogen and oxygen atoms in total. The normalized spacial score (nSPS) is 11.9. The molecule has 4 rings (SSSR count). The Morgan fingerprint density at radius 1 is 1.00 bits per heavy atom. The van der Waals surface area contributed by atoms with Crippen LogP contribution in [0.15, 0.2) is 69.9 Å². The Morgan fingerprint density at radius 3 is 2.42 bits per heavy atom. The van der Waals surface area contributed by atoms with Crippen molar-refractivity contribution in [2.75, 3.05) is 5.32 Å². The van der Waals surface area contributed by atoms with Crippen LogP contribution in [0.25, 0.3) is 22.3 Å². The number of benzene rings is 3. The van der Waals surface area contributed by atoms with Gasteiger partial charge in [-0.25, -0.2) is 0 Å². The zero-order valence-corrected chi connectivity index (χ0v) is 19.8. The van der Waals surface area contributed by atoms with Gasteiger partial charge in [-0.2, -0.15) is 0 Å². The first-order valence-corrected chi connectivity index (χ1v) is 11.1. The maximum atomic E-state index is 13.3. The SMILES string of the molecule is Cc1ccc(-c2oc3ccc(Cl)cc3c(=O)c2O[C@H](C)C(=O)Nc2ccc(C)c(Cl)c2)cc1. The van der Waals surface area contributed by atoms with Crippen LogP contribution in [0.4, 0.5) is 5.69 Å². The van der Waals surface area contributed by atoms with Crippen LogP contribution >= 0.6 is 23.2 Å².